The Morgan fingerprint density at radius 2 is 2.11 bits per heavy atom. The van der Waals surface area contributed by atoms with E-state index in [9.17, 15) is 0 Å². The quantitative estimate of drug-likeness (QED) is 0.936. The molecular weight excluding hydrogens is 285 g/mol. The van der Waals surface area contributed by atoms with E-state index in [2.05, 4.69) is 15.3 Å². The van der Waals surface area contributed by atoms with Crippen molar-refractivity contribution in [3.63, 3.8) is 0 Å². The number of halogens is 2. The molecule has 1 aromatic heterocycles. The van der Waals surface area contributed by atoms with Gasteiger partial charge < -0.3 is 10.1 Å². The zero-order valence-corrected chi connectivity index (χ0v) is 12.1. The number of aromatic nitrogens is 2. The SMILES string of the molecule is CNCc1cnc(Oc2cc(Cl)ccc2Cl)nc1C. The van der Waals surface area contributed by atoms with E-state index in [1.54, 1.807) is 24.4 Å². The molecule has 0 bridgehead atoms. The maximum Gasteiger partial charge on any atom is 0.322 e. The van der Waals surface area contributed by atoms with Crippen LogP contribution >= 0.6 is 23.2 Å². The van der Waals surface area contributed by atoms with Crippen LogP contribution in [-0.2, 0) is 6.54 Å². The Labute approximate surface area is 121 Å². The van der Waals surface area contributed by atoms with Gasteiger partial charge >= 0.3 is 6.01 Å². The summed E-state index contributed by atoms with van der Waals surface area (Å²) in [6, 6.07) is 5.24. The monoisotopic (exact) mass is 297 g/mol. The molecule has 19 heavy (non-hydrogen) atoms. The Morgan fingerprint density at radius 3 is 2.79 bits per heavy atom. The van der Waals surface area contributed by atoms with Crippen molar-refractivity contribution in [2.24, 2.45) is 0 Å². The fourth-order valence-electron chi connectivity index (χ4n) is 1.54. The number of benzene rings is 1. The van der Waals surface area contributed by atoms with E-state index in [0.29, 0.717) is 22.3 Å². The summed E-state index contributed by atoms with van der Waals surface area (Å²) in [5.41, 5.74) is 1.88. The minimum atomic E-state index is 0.251. The molecule has 0 saturated carbocycles. The van der Waals surface area contributed by atoms with Crippen molar-refractivity contribution >= 4 is 23.2 Å². The van der Waals surface area contributed by atoms with E-state index in [-0.39, 0.29) is 6.01 Å². The number of nitrogens with one attached hydrogen (secondary N) is 1. The Hall–Kier alpha value is -1.36. The van der Waals surface area contributed by atoms with Crippen LogP contribution in [0.25, 0.3) is 0 Å². The molecule has 1 aromatic carbocycles. The zero-order valence-electron chi connectivity index (χ0n) is 10.6. The van der Waals surface area contributed by atoms with E-state index in [1.165, 1.54) is 0 Å². The van der Waals surface area contributed by atoms with Crippen LogP contribution < -0.4 is 10.1 Å². The fourth-order valence-corrected chi connectivity index (χ4v) is 1.86. The van der Waals surface area contributed by atoms with E-state index in [0.717, 1.165) is 11.3 Å². The van der Waals surface area contributed by atoms with Gasteiger partial charge in [-0.25, -0.2) is 4.98 Å². The first-order valence-electron chi connectivity index (χ1n) is 5.70. The van der Waals surface area contributed by atoms with E-state index in [4.69, 9.17) is 27.9 Å². The van der Waals surface area contributed by atoms with E-state index >= 15 is 0 Å². The highest BCUT2D eigenvalue weighted by molar-refractivity contribution is 6.34. The largest absolute Gasteiger partial charge is 0.423 e. The first-order chi connectivity index (χ1) is 9.10. The molecule has 0 radical (unpaired) electrons. The first-order valence-corrected chi connectivity index (χ1v) is 6.45. The van der Waals surface area contributed by atoms with Crippen LogP contribution in [0.3, 0.4) is 0 Å². The number of aryl methyl sites for hydroxylation is 1. The smallest absolute Gasteiger partial charge is 0.322 e. The Balaban J connectivity index is 2.24. The van der Waals surface area contributed by atoms with Crippen molar-refractivity contribution in [2.45, 2.75) is 13.5 Å². The van der Waals surface area contributed by atoms with Gasteiger partial charge in [0.15, 0.2) is 5.75 Å². The van der Waals surface area contributed by atoms with Gasteiger partial charge in [0.25, 0.3) is 0 Å². The number of hydrogen-bond donors (Lipinski definition) is 1. The van der Waals surface area contributed by atoms with E-state index < -0.39 is 0 Å². The summed E-state index contributed by atoms with van der Waals surface area (Å²) in [5, 5.41) is 4.06. The molecule has 0 saturated heterocycles. The number of nitrogens with zero attached hydrogens (tertiary/aromatic N) is 2. The molecule has 1 N–H and O–H groups in total. The Morgan fingerprint density at radius 1 is 1.32 bits per heavy atom. The normalized spacial score (nSPS) is 10.5. The van der Waals surface area contributed by atoms with Gasteiger partial charge in [0, 0.05) is 35.1 Å². The molecule has 0 fully saturated rings. The summed E-state index contributed by atoms with van der Waals surface area (Å²) >= 11 is 11.9. The van der Waals surface area contributed by atoms with Crippen molar-refractivity contribution in [3.8, 4) is 11.8 Å². The molecule has 0 spiro atoms. The van der Waals surface area contributed by atoms with Crippen molar-refractivity contribution < 1.29 is 4.74 Å². The molecule has 0 aliphatic carbocycles. The van der Waals surface area contributed by atoms with Gasteiger partial charge in [-0.1, -0.05) is 23.2 Å². The number of hydrogen-bond acceptors (Lipinski definition) is 4. The molecule has 6 heteroatoms. The third-order valence-corrected chi connectivity index (χ3v) is 3.07. The summed E-state index contributed by atoms with van der Waals surface area (Å²) in [4.78, 5) is 8.43. The number of ether oxygens (including phenoxy) is 1. The van der Waals surface area contributed by atoms with Crippen molar-refractivity contribution in [1.82, 2.24) is 15.3 Å². The molecule has 1 heterocycles. The average Bonchev–Trinajstić information content (AvgIpc) is 2.37. The van der Waals surface area contributed by atoms with Crippen LogP contribution in [0.2, 0.25) is 10.0 Å². The van der Waals surface area contributed by atoms with Gasteiger partial charge in [-0.2, -0.15) is 4.98 Å². The third-order valence-electron chi connectivity index (χ3n) is 2.52. The molecule has 0 amide bonds. The molecule has 0 aliphatic heterocycles. The first kappa shape index (κ1) is 14.1. The average molecular weight is 298 g/mol. The van der Waals surface area contributed by atoms with Crippen molar-refractivity contribution in [3.05, 3.63) is 45.7 Å². The third kappa shape index (κ3) is 3.56. The molecule has 2 aromatic rings. The maximum absolute atomic E-state index is 6.02. The molecular formula is C13H13Cl2N3O. The van der Waals surface area contributed by atoms with Gasteiger partial charge in [0.1, 0.15) is 0 Å². The van der Waals surface area contributed by atoms with Gasteiger partial charge in [0.05, 0.1) is 5.02 Å². The lowest BCUT2D eigenvalue weighted by Crippen LogP contribution is -2.08. The second-order valence-electron chi connectivity index (χ2n) is 3.97. The second kappa shape index (κ2) is 6.19. The van der Waals surface area contributed by atoms with Gasteiger partial charge in [-0.15, -0.1) is 0 Å². The number of rotatable bonds is 4. The Kier molecular flexibility index (Phi) is 4.58. The lowest BCUT2D eigenvalue weighted by Gasteiger charge is -2.08. The molecule has 0 unspecified atom stereocenters. The zero-order chi connectivity index (χ0) is 13.8. The van der Waals surface area contributed by atoms with Crippen LogP contribution in [-0.4, -0.2) is 17.0 Å². The van der Waals surface area contributed by atoms with Crippen LogP contribution in [0, 0.1) is 6.92 Å². The highest BCUT2D eigenvalue weighted by Gasteiger charge is 2.08. The Bertz CT molecular complexity index is 590. The molecule has 100 valence electrons. The minimum absolute atomic E-state index is 0.251. The fraction of sp³-hybridized carbons (Fsp3) is 0.231. The maximum atomic E-state index is 6.02. The molecule has 4 nitrogen and oxygen atoms in total. The molecule has 2 rings (SSSR count). The van der Waals surface area contributed by atoms with Crippen LogP contribution in [0.5, 0.6) is 11.8 Å². The summed E-state index contributed by atoms with van der Waals surface area (Å²) in [5.74, 6) is 0.440. The minimum Gasteiger partial charge on any atom is -0.423 e. The predicted octanol–water partition coefficient (Wildman–Crippen LogP) is 3.60. The summed E-state index contributed by atoms with van der Waals surface area (Å²) in [6.45, 7) is 2.62. The van der Waals surface area contributed by atoms with Gasteiger partial charge in [0.2, 0.25) is 0 Å². The van der Waals surface area contributed by atoms with Gasteiger partial charge in [-0.3, -0.25) is 0 Å². The predicted molar refractivity (Wildman–Crippen MR) is 76.1 cm³/mol. The van der Waals surface area contributed by atoms with E-state index in [1.807, 2.05) is 14.0 Å². The topological polar surface area (TPSA) is 47.0 Å². The highest BCUT2D eigenvalue weighted by atomic mass is 35.5. The highest BCUT2D eigenvalue weighted by Crippen LogP contribution is 2.30. The summed E-state index contributed by atoms with van der Waals surface area (Å²) in [6.07, 6.45) is 1.73. The lowest BCUT2D eigenvalue weighted by atomic mass is 10.2. The molecule has 0 aliphatic rings. The molecule has 0 atom stereocenters. The van der Waals surface area contributed by atoms with Crippen molar-refractivity contribution in [2.75, 3.05) is 7.05 Å². The summed E-state index contributed by atoms with van der Waals surface area (Å²) in [7, 11) is 1.87. The van der Waals surface area contributed by atoms with Crippen LogP contribution in [0.15, 0.2) is 24.4 Å². The van der Waals surface area contributed by atoms with Crippen LogP contribution in [0.1, 0.15) is 11.3 Å². The van der Waals surface area contributed by atoms with Gasteiger partial charge in [-0.05, 0) is 26.1 Å². The standard InChI is InChI=1S/C13H13Cl2N3O/c1-8-9(6-16-2)7-17-13(18-8)19-12-5-10(14)3-4-11(12)15/h3-5,7,16H,6H2,1-2H3. The summed E-state index contributed by atoms with van der Waals surface area (Å²) < 4.78 is 5.54. The second-order valence-corrected chi connectivity index (χ2v) is 4.81. The van der Waals surface area contributed by atoms with Crippen molar-refractivity contribution in [1.29, 1.82) is 0 Å². The lowest BCUT2D eigenvalue weighted by molar-refractivity contribution is 0.439. The van der Waals surface area contributed by atoms with Crippen LogP contribution in [0.4, 0.5) is 0 Å².